The highest BCUT2D eigenvalue weighted by atomic mass is 32.1. The monoisotopic (exact) mass is 277 g/mol. The number of aliphatic hydroxyl groups excluding tert-OH is 1. The second-order valence-corrected chi connectivity index (χ2v) is 4.81. The molecular formula is C12H14F3NOS. The van der Waals surface area contributed by atoms with Crippen molar-refractivity contribution < 1.29 is 18.3 Å². The molecule has 0 bridgehead atoms. The molecule has 18 heavy (non-hydrogen) atoms. The van der Waals surface area contributed by atoms with Gasteiger partial charge in [0.15, 0.2) is 0 Å². The van der Waals surface area contributed by atoms with Crippen LogP contribution in [0, 0.1) is 11.8 Å². The predicted octanol–water partition coefficient (Wildman–Crippen LogP) is 2.48. The number of hydrogen-bond donors (Lipinski definition) is 1. The Morgan fingerprint density at radius 1 is 1.39 bits per heavy atom. The third-order valence-electron chi connectivity index (χ3n) is 2.18. The summed E-state index contributed by atoms with van der Waals surface area (Å²) in [6, 6.07) is 3.52. The standard InChI is InChI=1S/C12H14F3NOS/c1-2-16(9-12(13,14)15)8-11-6-5-10(18-11)4-3-7-17/h5-6,17H,2,7-9H2,1H3. The van der Waals surface area contributed by atoms with Gasteiger partial charge in [0, 0.05) is 11.4 Å². The van der Waals surface area contributed by atoms with E-state index in [9.17, 15) is 13.2 Å². The zero-order chi connectivity index (χ0) is 13.6. The molecule has 1 aromatic heterocycles. The molecule has 2 nitrogen and oxygen atoms in total. The summed E-state index contributed by atoms with van der Waals surface area (Å²) in [5, 5.41) is 8.54. The molecule has 0 amide bonds. The summed E-state index contributed by atoms with van der Waals surface area (Å²) in [5.74, 6) is 5.24. The molecule has 0 radical (unpaired) electrons. The molecule has 0 aliphatic carbocycles. The number of halogens is 3. The van der Waals surface area contributed by atoms with Gasteiger partial charge in [0.25, 0.3) is 0 Å². The molecule has 0 aliphatic heterocycles. The van der Waals surface area contributed by atoms with Crippen molar-refractivity contribution in [3.05, 3.63) is 21.9 Å². The molecule has 100 valence electrons. The van der Waals surface area contributed by atoms with E-state index in [2.05, 4.69) is 11.8 Å². The number of rotatable bonds is 4. The Morgan fingerprint density at radius 2 is 2.11 bits per heavy atom. The number of nitrogens with zero attached hydrogens (tertiary/aromatic N) is 1. The SMILES string of the molecule is CCN(Cc1ccc(C#CCO)s1)CC(F)(F)F. The van der Waals surface area contributed by atoms with E-state index in [-0.39, 0.29) is 13.2 Å². The molecule has 0 aliphatic rings. The normalized spacial score (nSPS) is 11.4. The first-order valence-corrected chi connectivity index (χ1v) is 6.24. The van der Waals surface area contributed by atoms with Crippen molar-refractivity contribution >= 4 is 11.3 Å². The van der Waals surface area contributed by atoms with Gasteiger partial charge in [-0.3, -0.25) is 4.90 Å². The van der Waals surface area contributed by atoms with Gasteiger partial charge in [-0.2, -0.15) is 13.2 Å². The van der Waals surface area contributed by atoms with Crippen LogP contribution in [0.5, 0.6) is 0 Å². The van der Waals surface area contributed by atoms with Gasteiger partial charge in [-0.15, -0.1) is 11.3 Å². The van der Waals surface area contributed by atoms with Gasteiger partial charge >= 0.3 is 6.18 Å². The quantitative estimate of drug-likeness (QED) is 0.855. The second-order valence-electron chi connectivity index (χ2n) is 3.64. The summed E-state index contributed by atoms with van der Waals surface area (Å²) < 4.78 is 36.8. The number of thiophene rings is 1. The molecule has 0 saturated heterocycles. The average molecular weight is 277 g/mol. The Bertz CT molecular complexity index is 431. The van der Waals surface area contributed by atoms with Crippen molar-refractivity contribution in [2.45, 2.75) is 19.6 Å². The third-order valence-corrected chi connectivity index (χ3v) is 3.17. The van der Waals surface area contributed by atoms with Crippen LogP contribution < -0.4 is 0 Å². The van der Waals surface area contributed by atoms with Crippen LogP contribution in [0.3, 0.4) is 0 Å². The van der Waals surface area contributed by atoms with Crippen molar-refractivity contribution in [1.29, 1.82) is 0 Å². The van der Waals surface area contributed by atoms with Gasteiger partial charge in [0.05, 0.1) is 11.4 Å². The van der Waals surface area contributed by atoms with Crippen LogP contribution in [-0.2, 0) is 6.54 Å². The molecule has 0 atom stereocenters. The van der Waals surface area contributed by atoms with Crippen LogP contribution in [-0.4, -0.2) is 35.9 Å². The van der Waals surface area contributed by atoms with Crippen LogP contribution in [0.15, 0.2) is 12.1 Å². The maximum absolute atomic E-state index is 12.3. The lowest BCUT2D eigenvalue weighted by Crippen LogP contribution is -2.33. The fraction of sp³-hybridized carbons (Fsp3) is 0.500. The second kappa shape index (κ2) is 6.78. The lowest BCUT2D eigenvalue weighted by atomic mass is 10.3. The minimum atomic E-state index is -4.17. The van der Waals surface area contributed by atoms with E-state index < -0.39 is 12.7 Å². The lowest BCUT2D eigenvalue weighted by Gasteiger charge is -2.20. The van der Waals surface area contributed by atoms with Crippen LogP contribution in [0.25, 0.3) is 0 Å². The molecule has 1 N–H and O–H groups in total. The predicted molar refractivity (Wildman–Crippen MR) is 65.3 cm³/mol. The van der Waals surface area contributed by atoms with E-state index >= 15 is 0 Å². The molecule has 0 unspecified atom stereocenters. The van der Waals surface area contributed by atoms with Crippen molar-refractivity contribution in [2.75, 3.05) is 19.7 Å². The molecule has 1 rings (SSSR count). The third kappa shape index (κ3) is 5.54. The molecule has 0 aromatic carbocycles. The zero-order valence-electron chi connectivity index (χ0n) is 9.92. The molecule has 0 fully saturated rings. The van der Waals surface area contributed by atoms with Crippen LogP contribution >= 0.6 is 11.3 Å². The highest BCUT2D eigenvalue weighted by Crippen LogP contribution is 2.21. The first kappa shape index (κ1) is 15.0. The maximum Gasteiger partial charge on any atom is 0.401 e. The van der Waals surface area contributed by atoms with Gasteiger partial charge in [0.1, 0.15) is 6.61 Å². The molecule has 1 heterocycles. The fourth-order valence-corrected chi connectivity index (χ4v) is 2.34. The Balaban J connectivity index is 2.62. The molecule has 0 saturated carbocycles. The summed E-state index contributed by atoms with van der Waals surface area (Å²) in [4.78, 5) is 2.92. The van der Waals surface area contributed by atoms with Crippen LogP contribution in [0.4, 0.5) is 13.2 Å². The van der Waals surface area contributed by atoms with Crippen molar-refractivity contribution in [2.24, 2.45) is 0 Å². The molecular weight excluding hydrogens is 263 g/mol. The van der Waals surface area contributed by atoms with E-state index in [1.165, 1.54) is 16.2 Å². The van der Waals surface area contributed by atoms with E-state index in [1.54, 1.807) is 19.1 Å². The van der Waals surface area contributed by atoms with Crippen molar-refractivity contribution in [3.63, 3.8) is 0 Å². The summed E-state index contributed by atoms with van der Waals surface area (Å²) in [6.07, 6.45) is -4.17. The fourth-order valence-electron chi connectivity index (χ4n) is 1.41. The summed E-state index contributed by atoms with van der Waals surface area (Å²) in [6.45, 7) is 1.18. The van der Waals surface area contributed by atoms with Crippen molar-refractivity contribution in [1.82, 2.24) is 4.90 Å². The summed E-state index contributed by atoms with van der Waals surface area (Å²) in [5.41, 5.74) is 0. The molecule has 0 spiro atoms. The van der Waals surface area contributed by atoms with Crippen LogP contribution in [0.1, 0.15) is 16.7 Å². The largest absolute Gasteiger partial charge is 0.401 e. The van der Waals surface area contributed by atoms with Gasteiger partial charge in [0.2, 0.25) is 0 Å². The van der Waals surface area contributed by atoms with Crippen LogP contribution in [0.2, 0.25) is 0 Å². The smallest absolute Gasteiger partial charge is 0.384 e. The summed E-state index contributed by atoms with van der Waals surface area (Å²) in [7, 11) is 0. The van der Waals surface area contributed by atoms with E-state index in [4.69, 9.17) is 5.11 Å². The molecule has 1 aromatic rings. The van der Waals surface area contributed by atoms with E-state index in [1.807, 2.05) is 0 Å². The number of aliphatic hydroxyl groups is 1. The van der Waals surface area contributed by atoms with E-state index in [0.29, 0.717) is 6.54 Å². The summed E-state index contributed by atoms with van der Waals surface area (Å²) >= 11 is 1.35. The first-order valence-electron chi connectivity index (χ1n) is 5.42. The Kier molecular flexibility index (Phi) is 5.66. The minimum absolute atomic E-state index is 0.220. The van der Waals surface area contributed by atoms with E-state index in [0.717, 1.165) is 9.75 Å². The number of hydrogen-bond acceptors (Lipinski definition) is 3. The van der Waals surface area contributed by atoms with Gasteiger partial charge in [-0.25, -0.2) is 0 Å². The highest BCUT2D eigenvalue weighted by molar-refractivity contribution is 7.12. The Morgan fingerprint density at radius 3 is 2.67 bits per heavy atom. The van der Waals surface area contributed by atoms with Gasteiger partial charge in [-0.05, 0) is 18.7 Å². The van der Waals surface area contributed by atoms with Gasteiger partial charge < -0.3 is 5.11 Å². The van der Waals surface area contributed by atoms with Gasteiger partial charge in [-0.1, -0.05) is 18.8 Å². The average Bonchev–Trinajstić information content (AvgIpc) is 2.71. The topological polar surface area (TPSA) is 23.5 Å². The minimum Gasteiger partial charge on any atom is -0.384 e. The molecule has 6 heteroatoms. The first-order chi connectivity index (χ1) is 8.44. The van der Waals surface area contributed by atoms with Crippen molar-refractivity contribution in [3.8, 4) is 11.8 Å². The Labute approximate surface area is 108 Å². The highest BCUT2D eigenvalue weighted by Gasteiger charge is 2.30. The number of alkyl halides is 3. The lowest BCUT2D eigenvalue weighted by molar-refractivity contribution is -0.146. The maximum atomic E-state index is 12.3. The zero-order valence-corrected chi connectivity index (χ0v) is 10.7. The Hall–Kier alpha value is -1.03.